The van der Waals surface area contributed by atoms with Gasteiger partial charge in [-0.25, -0.2) is 10.2 Å². The smallest absolute Gasteiger partial charge is 0.337 e. The van der Waals surface area contributed by atoms with Gasteiger partial charge in [0.2, 0.25) is 11.8 Å². The first-order valence-electron chi connectivity index (χ1n) is 8.97. The van der Waals surface area contributed by atoms with Gasteiger partial charge >= 0.3 is 5.97 Å². The zero-order chi connectivity index (χ0) is 20.8. The lowest BCUT2D eigenvalue weighted by molar-refractivity contribution is -0.126. The summed E-state index contributed by atoms with van der Waals surface area (Å²) in [7, 11) is 2.89. The molecule has 1 aliphatic heterocycles. The number of esters is 1. The number of ether oxygens (including phenoxy) is 2. The number of nitrogens with one attached hydrogen (secondary N) is 1. The van der Waals surface area contributed by atoms with Gasteiger partial charge in [0.05, 0.1) is 31.9 Å². The molecule has 1 N–H and O–H groups in total. The van der Waals surface area contributed by atoms with Crippen molar-refractivity contribution in [2.45, 2.75) is 6.42 Å². The van der Waals surface area contributed by atoms with Gasteiger partial charge in [-0.2, -0.15) is 5.10 Å². The Kier molecular flexibility index (Phi) is 6.23. The molecule has 2 aromatic carbocycles. The van der Waals surface area contributed by atoms with Gasteiger partial charge in [0.1, 0.15) is 5.75 Å². The van der Waals surface area contributed by atoms with Crippen LogP contribution in [-0.2, 0) is 14.3 Å². The summed E-state index contributed by atoms with van der Waals surface area (Å²) in [5.41, 5.74) is 4.33. The minimum absolute atomic E-state index is 0.113. The number of methoxy groups -OCH3 is 2. The zero-order valence-electron chi connectivity index (χ0n) is 16.1. The molecule has 0 unspecified atom stereocenters. The van der Waals surface area contributed by atoms with E-state index in [1.165, 1.54) is 13.3 Å². The van der Waals surface area contributed by atoms with Crippen LogP contribution in [0, 0.1) is 5.92 Å². The van der Waals surface area contributed by atoms with Crippen molar-refractivity contribution in [2.75, 3.05) is 25.7 Å². The predicted octanol–water partition coefficient (Wildman–Crippen LogP) is 1.98. The molecule has 2 amide bonds. The van der Waals surface area contributed by atoms with Crippen molar-refractivity contribution in [1.29, 1.82) is 0 Å². The third-order valence-electron chi connectivity index (χ3n) is 4.60. The molecule has 0 saturated carbocycles. The Bertz CT molecular complexity index is 922. The Morgan fingerprint density at radius 1 is 1.10 bits per heavy atom. The van der Waals surface area contributed by atoms with Crippen LogP contribution in [-0.4, -0.2) is 44.8 Å². The Hall–Kier alpha value is -3.68. The van der Waals surface area contributed by atoms with Crippen LogP contribution in [0.15, 0.2) is 53.6 Å². The van der Waals surface area contributed by atoms with E-state index in [9.17, 15) is 14.4 Å². The number of hydrogen-bond donors (Lipinski definition) is 1. The Morgan fingerprint density at radius 2 is 1.79 bits per heavy atom. The molecule has 0 aliphatic carbocycles. The monoisotopic (exact) mass is 395 g/mol. The topological polar surface area (TPSA) is 97.3 Å². The Balaban J connectivity index is 1.56. The van der Waals surface area contributed by atoms with E-state index in [1.54, 1.807) is 60.5 Å². The average molecular weight is 395 g/mol. The molecular formula is C21H21N3O5. The van der Waals surface area contributed by atoms with Gasteiger partial charge in [0.15, 0.2) is 0 Å². The largest absolute Gasteiger partial charge is 0.497 e. The van der Waals surface area contributed by atoms with Gasteiger partial charge in [-0.3, -0.25) is 9.59 Å². The van der Waals surface area contributed by atoms with Crippen molar-refractivity contribution in [3.63, 3.8) is 0 Å². The lowest BCUT2D eigenvalue weighted by Gasteiger charge is -2.16. The van der Waals surface area contributed by atoms with E-state index in [-0.39, 0.29) is 18.2 Å². The van der Waals surface area contributed by atoms with Crippen LogP contribution < -0.4 is 15.1 Å². The minimum atomic E-state index is -0.483. The average Bonchev–Trinajstić information content (AvgIpc) is 3.15. The molecule has 1 fully saturated rings. The molecule has 0 bridgehead atoms. The van der Waals surface area contributed by atoms with Crippen LogP contribution in [0.3, 0.4) is 0 Å². The van der Waals surface area contributed by atoms with Crippen LogP contribution in [0.2, 0.25) is 0 Å². The molecule has 1 atom stereocenters. The van der Waals surface area contributed by atoms with Crippen LogP contribution in [0.4, 0.5) is 5.69 Å². The maximum atomic E-state index is 12.4. The zero-order valence-corrected chi connectivity index (χ0v) is 16.1. The summed E-state index contributed by atoms with van der Waals surface area (Å²) >= 11 is 0. The third kappa shape index (κ3) is 4.78. The second-order valence-corrected chi connectivity index (χ2v) is 6.45. The molecular weight excluding hydrogens is 374 g/mol. The molecule has 0 spiro atoms. The van der Waals surface area contributed by atoms with Crippen molar-refractivity contribution in [3.05, 3.63) is 59.7 Å². The highest BCUT2D eigenvalue weighted by atomic mass is 16.5. The van der Waals surface area contributed by atoms with Gasteiger partial charge < -0.3 is 14.4 Å². The van der Waals surface area contributed by atoms with Gasteiger partial charge in [-0.05, 0) is 42.0 Å². The van der Waals surface area contributed by atoms with Crippen LogP contribution in [0.1, 0.15) is 22.3 Å². The lowest BCUT2D eigenvalue weighted by Crippen LogP contribution is -2.30. The first kappa shape index (κ1) is 20.1. The number of hydrazone groups is 1. The fraction of sp³-hybridized carbons (Fsp3) is 0.238. The minimum Gasteiger partial charge on any atom is -0.497 e. The molecule has 8 heteroatoms. The second-order valence-electron chi connectivity index (χ2n) is 6.45. The van der Waals surface area contributed by atoms with Crippen LogP contribution in [0.25, 0.3) is 0 Å². The molecule has 29 heavy (non-hydrogen) atoms. The van der Waals surface area contributed by atoms with Gasteiger partial charge in [0.25, 0.3) is 0 Å². The van der Waals surface area contributed by atoms with Gasteiger partial charge in [-0.15, -0.1) is 0 Å². The summed E-state index contributed by atoms with van der Waals surface area (Å²) in [5, 5.41) is 3.94. The summed E-state index contributed by atoms with van der Waals surface area (Å²) < 4.78 is 9.76. The van der Waals surface area contributed by atoms with Crippen molar-refractivity contribution >= 4 is 29.7 Å². The quantitative estimate of drug-likeness (QED) is 0.458. The number of carbonyl (C=O) groups is 3. The SMILES string of the molecule is COC(=O)c1ccc(/C=N\NC(=O)[C@H]2CC(=O)N(c3ccc(OC)cc3)C2)cc1. The highest BCUT2D eigenvalue weighted by molar-refractivity contribution is 6.00. The van der Waals surface area contributed by atoms with Crippen LogP contribution >= 0.6 is 0 Å². The predicted molar refractivity (Wildman–Crippen MR) is 107 cm³/mol. The van der Waals surface area contributed by atoms with E-state index >= 15 is 0 Å². The normalized spacial score (nSPS) is 16.1. The maximum Gasteiger partial charge on any atom is 0.337 e. The van der Waals surface area contributed by atoms with E-state index in [0.717, 1.165) is 5.69 Å². The van der Waals surface area contributed by atoms with E-state index in [0.29, 0.717) is 23.4 Å². The summed E-state index contributed by atoms with van der Waals surface area (Å²) in [6.45, 7) is 0.292. The lowest BCUT2D eigenvalue weighted by atomic mass is 10.1. The number of anilines is 1. The van der Waals surface area contributed by atoms with Gasteiger partial charge in [-0.1, -0.05) is 12.1 Å². The first-order chi connectivity index (χ1) is 14.0. The third-order valence-corrected chi connectivity index (χ3v) is 4.60. The molecule has 1 heterocycles. The van der Waals surface area contributed by atoms with Crippen LogP contribution in [0.5, 0.6) is 5.75 Å². The number of benzene rings is 2. The number of amides is 2. The summed E-state index contributed by atoms with van der Waals surface area (Å²) in [4.78, 5) is 37.6. The Morgan fingerprint density at radius 3 is 2.41 bits per heavy atom. The number of rotatable bonds is 6. The Labute approximate surface area is 168 Å². The number of carbonyl (C=O) groups excluding carboxylic acids is 3. The molecule has 8 nitrogen and oxygen atoms in total. The van der Waals surface area contributed by atoms with Crippen molar-refractivity contribution in [2.24, 2.45) is 11.0 Å². The molecule has 1 saturated heterocycles. The second kappa shape index (κ2) is 9.01. The first-order valence-corrected chi connectivity index (χ1v) is 8.97. The van der Waals surface area contributed by atoms with E-state index in [1.807, 2.05) is 0 Å². The summed E-state index contributed by atoms with van der Waals surface area (Å²) in [6, 6.07) is 13.7. The van der Waals surface area contributed by atoms with Crippen molar-refractivity contribution in [1.82, 2.24) is 5.43 Å². The van der Waals surface area contributed by atoms with Crippen molar-refractivity contribution in [3.8, 4) is 5.75 Å². The molecule has 0 aromatic heterocycles. The van der Waals surface area contributed by atoms with Gasteiger partial charge in [0, 0.05) is 18.7 Å². The number of hydrogen-bond acceptors (Lipinski definition) is 6. The fourth-order valence-corrected chi connectivity index (χ4v) is 2.98. The highest BCUT2D eigenvalue weighted by Gasteiger charge is 2.35. The van der Waals surface area contributed by atoms with E-state index in [2.05, 4.69) is 15.3 Å². The molecule has 1 aliphatic rings. The summed E-state index contributed by atoms with van der Waals surface area (Å²) in [5.74, 6) is -0.643. The molecule has 3 rings (SSSR count). The van der Waals surface area contributed by atoms with E-state index in [4.69, 9.17) is 4.74 Å². The molecule has 0 radical (unpaired) electrons. The fourth-order valence-electron chi connectivity index (χ4n) is 2.98. The molecule has 150 valence electrons. The standard InChI is InChI=1S/C21H21N3O5/c1-28-18-9-7-17(8-10-18)24-13-16(11-19(24)25)20(26)23-22-12-14-3-5-15(6-4-14)21(27)29-2/h3-10,12,16H,11,13H2,1-2H3,(H,23,26)/b22-12-/t16-/m0/s1. The number of nitrogens with zero attached hydrogens (tertiary/aromatic N) is 2. The molecule has 2 aromatic rings. The van der Waals surface area contributed by atoms with E-state index < -0.39 is 11.9 Å². The highest BCUT2D eigenvalue weighted by Crippen LogP contribution is 2.26. The van der Waals surface area contributed by atoms with Crippen molar-refractivity contribution < 1.29 is 23.9 Å². The maximum absolute atomic E-state index is 12.4. The summed E-state index contributed by atoms with van der Waals surface area (Å²) in [6.07, 6.45) is 1.60.